The number of rotatable bonds is 4. The van der Waals surface area contributed by atoms with Crippen LogP contribution in [0.1, 0.15) is 57.6 Å². The number of likely N-dealkylation sites (tertiary alicyclic amines) is 1. The second kappa shape index (κ2) is 9.27. The lowest BCUT2D eigenvalue weighted by molar-refractivity contribution is -0.129. The fourth-order valence-corrected chi connectivity index (χ4v) is 8.14. The number of nitrogens with one attached hydrogen (secondary N) is 1. The second-order valence-corrected chi connectivity index (χ2v) is 12.8. The Kier molecular flexibility index (Phi) is 5.78. The van der Waals surface area contributed by atoms with Gasteiger partial charge in [-0.3, -0.25) is 9.69 Å². The summed E-state index contributed by atoms with van der Waals surface area (Å²) in [7, 11) is 1.35. The Hall–Kier alpha value is -3.46. The molecule has 7 nitrogen and oxygen atoms in total. The number of fused-ring (bicyclic) bond motifs is 6. The maximum atomic E-state index is 16.1. The van der Waals surface area contributed by atoms with Gasteiger partial charge in [0, 0.05) is 59.9 Å². The monoisotopic (exact) mass is 604 g/mol. The number of anilines is 1. The Balaban J connectivity index is 1.36. The minimum absolute atomic E-state index is 0.0270. The van der Waals surface area contributed by atoms with Crippen LogP contribution >= 0.6 is 23.2 Å². The standard InChI is InChI=1S/C32H27Cl2FN4O3/c1-42-30(40)17-9-10-38-24-13-23-26(29(24)37-25(38)11-17)27(20-3-2-4-21(34)28(20)35)32(39(23)15-16-5-6-16)14-18-7-8-19(33)12-22(18)36-31(32)41/h2-4,7-12,16,23,26-27H,5-6,13-15H2,1H3,(H,36,41)/t23-,26+,27-,32+/m0/s1. The van der Waals surface area contributed by atoms with Gasteiger partial charge in [-0.2, -0.15) is 0 Å². The van der Waals surface area contributed by atoms with Gasteiger partial charge in [0.2, 0.25) is 5.91 Å². The van der Waals surface area contributed by atoms with Gasteiger partial charge in [0.1, 0.15) is 17.0 Å². The molecule has 2 aliphatic carbocycles. The van der Waals surface area contributed by atoms with Gasteiger partial charge in [-0.25, -0.2) is 14.2 Å². The van der Waals surface area contributed by atoms with Crippen LogP contribution in [0.3, 0.4) is 0 Å². The van der Waals surface area contributed by atoms with E-state index in [0.717, 1.165) is 36.3 Å². The van der Waals surface area contributed by atoms with Crippen LogP contribution < -0.4 is 5.32 Å². The summed E-state index contributed by atoms with van der Waals surface area (Å²) in [6.07, 6.45) is 5.13. The maximum Gasteiger partial charge on any atom is 0.338 e. The topological polar surface area (TPSA) is 75.9 Å². The van der Waals surface area contributed by atoms with Crippen molar-refractivity contribution in [2.75, 3.05) is 19.0 Å². The molecule has 1 amide bonds. The fraction of sp³-hybridized carbons (Fsp3) is 0.344. The number of ether oxygens (including phenoxy) is 1. The molecule has 42 heavy (non-hydrogen) atoms. The van der Waals surface area contributed by atoms with E-state index in [9.17, 15) is 9.59 Å². The van der Waals surface area contributed by atoms with Gasteiger partial charge in [0.25, 0.3) is 0 Å². The number of amides is 1. The fourth-order valence-electron chi connectivity index (χ4n) is 7.78. The molecule has 214 valence electrons. The maximum absolute atomic E-state index is 16.1. The number of esters is 1. The number of benzene rings is 2. The average Bonchev–Trinajstić information content (AvgIpc) is 3.57. The largest absolute Gasteiger partial charge is 0.465 e. The summed E-state index contributed by atoms with van der Waals surface area (Å²) in [5.74, 6) is -1.45. The zero-order chi connectivity index (χ0) is 28.9. The van der Waals surface area contributed by atoms with E-state index in [1.165, 1.54) is 7.11 Å². The zero-order valence-corrected chi connectivity index (χ0v) is 24.3. The number of methoxy groups -OCH3 is 1. The molecule has 4 atom stereocenters. The van der Waals surface area contributed by atoms with Crippen molar-refractivity contribution in [2.45, 2.75) is 49.1 Å². The molecule has 1 N–H and O–H groups in total. The summed E-state index contributed by atoms with van der Waals surface area (Å²) in [5, 5.41) is 3.73. The van der Waals surface area contributed by atoms with Crippen LogP contribution in [0, 0.1) is 11.7 Å². The number of pyridine rings is 1. The highest BCUT2D eigenvalue weighted by atomic mass is 35.5. The first kappa shape index (κ1) is 26.2. The summed E-state index contributed by atoms with van der Waals surface area (Å²) < 4.78 is 23.0. The number of aromatic nitrogens is 2. The molecule has 1 saturated heterocycles. The van der Waals surface area contributed by atoms with Crippen LogP contribution in [0.2, 0.25) is 10.0 Å². The van der Waals surface area contributed by atoms with Crippen molar-refractivity contribution in [3.8, 4) is 0 Å². The minimum Gasteiger partial charge on any atom is -0.465 e. The second-order valence-electron chi connectivity index (χ2n) is 11.9. The highest BCUT2D eigenvalue weighted by molar-refractivity contribution is 6.31. The van der Waals surface area contributed by atoms with Crippen LogP contribution in [0.5, 0.6) is 0 Å². The normalized spacial score (nSPS) is 26.3. The van der Waals surface area contributed by atoms with Crippen LogP contribution in [0.4, 0.5) is 10.1 Å². The summed E-state index contributed by atoms with van der Waals surface area (Å²) in [5.41, 5.74) is 3.89. The quantitative estimate of drug-likeness (QED) is 0.288. The van der Waals surface area contributed by atoms with Gasteiger partial charge in [0.15, 0.2) is 0 Å². The van der Waals surface area contributed by atoms with E-state index in [-0.39, 0.29) is 22.9 Å². The number of imidazole rings is 1. The summed E-state index contributed by atoms with van der Waals surface area (Å²) >= 11 is 12.7. The molecule has 0 radical (unpaired) electrons. The molecule has 1 spiro atoms. The lowest BCUT2D eigenvalue weighted by atomic mass is 9.69. The third-order valence-electron chi connectivity index (χ3n) is 9.74. The average molecular weight is 605 g/mol. The zero-order valence-electron chi connectivity index (χ0n) is 22.7. The summed E-state index contributed by atoms with van der Waals surface area (Å²) in [6.45, 7) is 0.746. The first-order chi connectivity index (χ1) is 20.3. The highest BCUT2D eigenvalue weighted by Gasteiger charge is 2.67. The van der Waals surface area contributed by atoms with Gasteiger partial charge < -0.3 is 14.5 Å². The molecule has 2 aromatic heterocycles. The van der Waals surface area contributed by atoms with Gasteiger partial charge in [-0.1, -0.05) is 41.4 Å². The van der Waals surface area contributed by atoms with E-state index in [0.29, 0.717) is 46.2 Å². The number of hydrogen-bond donors (Lipinski definition) is 1. The van der Waals surface area contributed by atoms with Gasteiger partial charge in [-0.15, -0.1) is 0 Å². The predicted octanol–water partition coefficient (Wildman–Crippen LogP) is 6.02. The van der Waals surface area contributed by atoms with Crippen LogP contribution in [0.15, 0.2) is 54.7 Å². The molecule has 0 bridgehead atoms. The van der Waals surface area contributed by atoms with Crippen LogP contribution in [0.25, 0.3) is 5.65 Å². The lowest BCUT2D eigenvalue weighted by Crippen LogP contribution is -2.61. The number of halogens is 3. The van der Waals surface area contributed by atoms with Gasteiger partial charge in [0.05, 0.1) is 23.4 Å². The molecule has 0 unspecified atom stereocenters. The Morgan fingerprint density at radius 2 is 2.02 bits per heavy atom. The van der Waals surface area contributed by atoms with Gasteiger partial charge >= 0.3 is 5.97 Å². The Bertz CT molecular complexity index is 1820. The Morgan fingerprint density at radius 1 is 1.19 bits per heavy atom. The van der Waals surface area contributed by atoms with Crippen molar-refractivity contribution in [2.24, 2.45) is 5.92 Å². The molecule has 1 saturated carbocycles. The molecule has 2 aliphatic heterocycles. The molecule has 8 rings (SSSR count). The molecule has 2 fully saturated rings. The van der Waals surface area contributed by atoms with E-state index in [1.807, 2.05) is 22.7 Å². The van der Waals surface area contributed by atoms with Crippen molar-refractivity contribution in [3.63, 3.8) is 0 Å². The van der Waals surface area contributed by atoms with Crippen LogP contribution in [-0.4, -0.2) is 51.4 Å². The number of hydrogen-bond acceptors (Lipinski definition) is 5. The third kappa shape index (κ3) is 3.64. The van der Waals surface area contributed by atoms with E-state index >= 15 is 4.39 Å². The van der Waals surface area contributed by atoms with Crippen molar-refractivity contribution < 1.29 is 18.7 Å². The highest BCUT2D eigenvalue weighted by Crippen LogP contribution is 2.61. The number of carbonyl (C=O) groups is 2. The van der Waals surface area contributed by atoms with Crippen molar-refractivity contribution in [1.29, 1.82) is 0 Å². The predicted molar refractivity (Wildman–Crippen MR) is 157 cm³/mol. The van der Waals surface area contributed by atoms with Crippen molar-refractivity contribution >= 4 is 46.4 Å². The Labute approximate surface area is 251 Å². The van der Waals surface area contributed by atoms with Crippen molar-refractivity contribution in [3.05, 3.63) is 98.7 Å². The van der Waals surface area contributed by atoms with E-state index in [4.69, 9.17) is 32.9 Å². The number of carbonyl (C=O) groups excluding carboxylic acids is 2. The Morgan fingerprint density at radius 3 is 2.81 bits per heavy atom. The first-order valence-corrected chi connectivity index (χ1v) is 15.0. The molecular formula is C32H27Cl2FN4O3. The van der Waals surface area contributed by atoms with E-state index < -0.39 is 23.2 Å². The smallest absolute Gasteiger partial charge is 0.338 e. The minimum atomic E-state index is -1.06. The SMILES string of the molecule is COC(=O)c1ccn2c3c(nc2c1)[C@@H]1[C@H](C3)N(CC2CC2)[C@]2(Cc3ccc(Cl)cc3NC2=O)[C@H]1c1cccc(Cl)c1F. The van der Waals surface area contributed by atoms with Crippen LogP contribution in [-0.2, 0) is 22.4 Å². The molecule has 2 aromatic carbocycles. The van der Waals surface area contributed by atoms with E-state index in [1.54, 1.807) is 36.4 Å². The van der Waals surface area contributed by atoms with E-state index in [2.05, 4.69) is 10.2 Å². The lowest BCUT2D eigenvalue weighted by Gasteiger charge is -2.46. The van der Waals surface area contributed by atoms with Gasteiger partial charge in [-0.05, 0) is 60.2 Å². The molecule has 4 heterocycles. The number of nitrogens with zero attached hydrogens (tertiary/aromatic N) is 3. The van der Waals surface area contributed by atoms with Crippen molar-refractivity contribution in [1.82, 2.24) is 14.3 Å². The first-order valence-electron chi connectivity index (χ1n) is 14.2. The third-order valence-corrected chi connectivity index (χ3v) is 10.3. The molecule has 10 heteroatoms. The summed E-state index contributed by atoms with van der Waals surface area (Å²) in [6, 6.07) is 14.0. The molecule has 4 aromatic rings. The molecule has 4 aliphatic rings. The molecular weight excluding hydrogens is 578 g/mol. The summed E-state index contributed by atoms with van der Waals surface area (Å²) in [4.78, 5) is 34.2.